The maximum atomic E-state index is 12.6. The highest BCUT2D eigenvalue weighted by atomic mass is 16.6. The van der Waals surface area contributed by atoms with E-state index in [0.29, 0.717) is 25.3 Å². The van der Waals surface area contributed by atoms with Gasteiger partial charge < -0.3 is 19.5 Å². The lowest BCUT2D eigenvalue weighted by molar-refractivity contribution is 0.0187. The van der Waals surface area contributed by atoms with Crippen molar-refractivity contribution in [1.29, 1.82) is 0 Å². The Kier molecular flexibility index (Phi) is 6.61. The molecule has 0 aromatic carbocycles. The molecule has 0 bridgehead atoms. The van der Waals surface area contributed by atoms with E-state index in [9.17, 15) is 9.59 Å². The summed E-state index contributed by atoms with van der Waals surface area (Å²) in [5.41, 5.74) is 0.177. The molecular formula is C21H31N5O3. The van der Waals surface area contributed by atoms with Crippen LogP contribution in [0.4, 0.5) is 4.79 Å². The molecule has 2 aromatic rings. The van der Waals surface area contributed by atoms with Gasteiger partial charge in [0.1, 0.15) is 11.3 Å². The summed E-state index contributed by atoms with van der Waals surface area (Å²) in [5, 5.41) is 7.15. The molecule has 1 aliphatic rings. The molecule has 1 saturated heterocycles. The molecule has 0 unspecified atom stereocenters. The number of aryl methyl sites for hydroxylation is 1. The third-order valence-corrected chi connectivity index (χ3v) is 4.93. The van der Waals surface area contributed by atoms with Crippen LogP contribution in [0, 0.1) is 0 Å². The number of hydrogen-bond acceptors (Lipinski definition) is 4. The Balaban J connectivity index is 1.48. The van der Waals surface area contributed by atoms with Crippen LogP contribution in [0.25, 0.3) is 0 Å². The molecule has 0 spiro atoms. The topological polar surface area (TPSA) is 81.4 Å². The predicted octanol–water partition coefficient (Wildman–Crippen LogP) is 3.08. The number of nitrogens with zero attached hydrogens (tertiary/aromatic N) is 4. The summed E-state index contributed by atoms with van der Waals surface area (Å²) in [7, 11) is 0. The monoisotopic (exact) mass is 401 g/mol. The Morgan fingerprint density at radius 1 is 1.21 bits per heavy atom. The van der Waals surface area contributed by atoms with Crippen molar-refractivity contribution < 1.29 is 14.3 Å². The lowest BCUT2D eigenvalue weighted by Crippen LogP contribution is -2.42. The summed E-state index contributed by atoms with van der Waals surface area (Å²) in [5.74, 6) is -0.0648. The zero-order valence-electron chi connectivity index (χ0n) is 17.5. The van der Waals surface area contributed by atoms with Crippen molar-refractivity contribution >= 4 is 12.0 Å². The third-order valence-electron chi connectivity index (χ3n) is 4.93. The molecule has 0 atom stereocenters. The van der Waals surface area contributed by atoms with Crippen LogP contribution < -0.4 is 5.32 Å². The van der Waals surface area contributed by atoms with E-state index in [1.807, 2.05) is 60.6 Å². The highest BCUT2D eigenvalue weighted by molar-refractivity contribution is 5.92. The van der Waals surface area contributed by atoms with E-state index in [4.69, 9.17) is 4.74 Å². The van der Waals surface area contributed by atoms with Gasteiger partial charge in [-0.15, -0.1) is 0 Å². The van der Waals surface area contributed by atoms with Crippen molar-refractivity contribution in [2.24, 2.45) is 0 Å². The van der Waals surface area contributed by atoms with Crippen molar-refractivity contribution in [2.75, 3.05) is 19.6 Å². The highest BCUT2D eigenvalue weighted by Gasteiger charge is 2.28. The molecule has 2 amide bonds. The van der Waals surface area contributed by atoms with Gasteiger partial charge in [0.05, 0.1) is 0 Å². The standard InChI is InChI=1S/C21H31N5O3/c1-21(2,3)29-20(28)24-15-8-17(9-16-24)26-14-4-7-18(26)19(27)22-10-5-12-25-13-6-11-23-25/h4,6-7,11,13-14,17H,5,8-10,12,15-16H2,1-3H3,(H,22,27). The number of hydrogen-bond donors (Lipinski definition) is 1. The molecular weight excluding hydrogens is 370 g/mol. The summed E-state index contributed by atoms with van der Waals surface area (Å²) in [6, 6.07) is 5.84. The number of aromatic nitrogens is 3. The molecule has 3 heterocycles. The Morgan fingerprint density at radius 3 is 2.62 bits per heavy atom. The van der Waals surface area contributed by atoms with E-state index >= 15 is 0 Å². The van der Waals surface area contributed by atoms with Crippen molar-refractivity contribution in [1.82, 2.24) is 24.6 Å². The van der Waals surface area contributed by atoms with E-state index in [2.05, 4.69) is 10.4 Å². The fourth-order valence-electron chi connectivity index (χ4n) is 3.52. The van der Waals surface area contributed by atoms with Crippen molar-refractivity contribution in [3.05, 3.63) is 42.5 Å². The lowest BCUT2D eigenvalue weighted by atomic mass is 10.0. The van der Waals surface area contributed by atoms with Crippen LogP contribution in [0.1, 0.15) is 56.6 Å². The van der Waals surface area contributed by atoms with Gasteiger partial charge in [0.25, 0.3) is 5.91 Å². The largest absolute Gasteiger partial charge is 0.444 e. The molecule has 0 radical (unpaired) electrons. The number of nitrogens with one attached hydrogen (secondary N) is 1. The fraction of sp³-hybridized carbons (Fsp3) is 0.571. The van der Waals surface area contributed by atoms with Gasteiger partial charge in [-0.05, 0) is 58.2 Å². The number of carbonyl (C=O) groups is 2. The van der Waals surface area contributed by atoms with Gasteiger partial charge in [0, 0.05) is 50.8 Å². The molecule has 8 heteroatoms. The van der Waals surface area contributed by atoms with Crippen molar-refractivity contribution in [3.8, 4) is 0 Å². The zero-order valence-corrected chi connectivity index (χ0v) is 17.5. The Bertz CT molecular complexity index is 799. The van der Waals surface area contributed by atoms with Gasteiger partial charge in [0.2, 0.25) is 0 Å². The molecule has 0 aliphatic carbocycles. The van der Waals surface area contributed by atoms with Crippen molar-refractivity contribution in [3.63, 3.8) is 0 Å². The van der Waals surface area contributed by atoms with Gasteiger partial charge in [-0.3, -0.25) is 9.48 Å². The first-order valence-corrected chi connectivity index (χ1v) is 10.2. The van der Waals surface area contributed by atoms with E-state index < -0.39 is 5.60 Å². The summed E-state index contributed by atoms with van der Waals surface area (Å²) in [4.78, 5) is 26.6. The van der Waals surface area contributed by atoms with E-state index in [1.165, 1.54) is 0 Å². The third kappa shape index (κ3) is 5.85. The number of carbonyl (C=O) groups excluding carboxylic acids is 2. The molecule has 3 rings (SSSR count). The second-order valence-corrected chi connectivity index (χ2v) is 8.38. The molecule has 8 nitrogen and oxygen atoms in total. The summed E-state index contributed by atoms with van der Waals surface area (Å²) < 4.78 is 9.35. The van der Waals surface area contributed by atoms with Crippen LogP contribution >= 0.6 is 0 Å². The van der Waals surface area contributed by atoms with Crippen LogP contribution in [-0.4, -0.2) is 56.5 Å². The first-order valence-electron chi connectivity index (χ1n) is 10.2. The quantitative estimate of drug-likeness (QED) is 0.754. The van der Waals surface area contributed by atoms with Gasteiger partial charge in [0.15, 0.2) is 0 Å². The number of piperidine rings is 1. The van der Waals surface area contributed by atoms with Crippen LogP contribution in [-0.2, 0) is 11.3 Å². The smallest absolute Gasteiger partial charge is 0.410 e. The van der Waals surface area contributed by atoms with Crippen LogP contribution in [0.15, 0.2) is 36.8 Å². The van der Waals surface area contributed by atoms with E-state index in [0.717, 1.165) is 25.8 Å². The van der Waals surface area contributed by atoms with Crippen LogP contribution in [0.5, 0.6) is 0 Å². The molecule has 29 heavy (non-hydrogen) atoms. The molecule has 1 N–H and O–H groups in total. The Hall–Kier alpha value is -2.77. The van der Waals surface area contributed by atoms with Crippen LogP contribution in [0.2, 0.25) is 0 Å². The SMILES string of the molecule is CC(C)(C)OC(=O)N1CCC(n2cccc2C(=O)NCCCn2cccn2)CC1. The lowest BCUT2D eigenvalue weighted by Gasteiger charge is -2.34. The molecule has 0 saturated carbocycles. The molecule has 1 aliphatic heterocycles. The first-order chi connectivity index (χ1) is 13.8. The van der Waals surface area contributed by atoms with Crippen molar-refractivity contribution in [2.45, 2.75) is 58.2 Å². The second-order valence-electron chi connectivity index (χ2n) is 8.38. The van der Waals surface area contributed by atoms with E-state index in [1.54, 1.807) is 11.1 Å². The average Bonchev–Trinajstić information content (AvgIpc) is 3.35. The summed E-state index contributed by atoms with van der Waals surface area (Å²) in [6.07, 6.45) is 7.77. The van der Waals surface area contributed by atoms with Gasteiger partial charge in [-0.1, -0.05) is 0 Å². The Morgan fingerprint density at radius 2 is 1.97 bits per heavy atom. The van der Waals surface area contributed by atoms with E-state index in [-0.39, 0.29) is 18.0 Å². The fourth-order valence-corrected chi connectivity index (χ4v) is 3.52. The number of ether oxygens (including phenoxy) is 1. The minimum Gasteiger partial charge on any atom is -0.444 e. The summed E-state index contributed by atoms with van der Waals surface area (Å²) >= 11 is 0. The maximum absolute atomic E-state index is 12.6. The maximum Gasteiger partial charge on any atom is 0.410 e. The van der Waals surface area contributed by atoms with Gasteiger partial charge in [-0.2, -0.15) is 5.10 Å². The number of likely N-dealkylation sites (tertiary alicyclic amines) is 1. The van der Waals surface area contributed by atoms with Gasteiger partial charge >= 0.3 is 6.09 Å². The zero-order chi connectivity index (χ0) is 20.9. The Labute approximate surface area is 171 Å². The van der Waals surface area contributed by atoms with Crippen LogP contribution in [0.3, 0.4) is 0 Å². The number of amides is 2. The molecule has 2 aromatic heterocycles. The average molecular weight is 402 g/mol. The predicted molar refractivity (Wildman–Crippen MR) is 110 cm³/mol. The minimum absolute atomic E-state index is 0.0648. The molecule has 158 valence electrons. The second kappa shape index (κ2) is 9.15. The normalized spacial score (nSPS) is 15.3. The highest BCUT2D eigenvalue weighted by Crippen LogP contribution is 2.25. The molecule has 1 fully saturated rings. The first kappa shape index (κ1) is 21.0. The van der Waals surface area contributed by atoms with Gasteiger partial charge in [-0.25, -0.2) is 4.79 Å². The minimum atomic E-state index is -0.489. The number of rotatable bonds is 6. The summed E-state index contributed by atoms with van der Waals surface area (Å²) in [6.45, 7) is 8.25.